The zero-order valence-corrected chi connectivity index (χ0v) is 16.7. The number of fused-ring (bicyclic) bond motifs is 3. The van der Waals surface area contributed by atoms with Crippen LogP contribution in [0.25, 0.3) is 0 Å². The second-order valence-electron chi connectivity index (χ2n) is 9.00. The van der Waals surface area contributed by atoms with Crippen molar-refractivity contribution in [1.29, 1.82) is 0 Å². The van der Waals surface area contributed by atoms with E-state index in [0.29, 0.717) is 23.5 Å². The molecule has 1 heterocycles. The van der Waals surface area contributed by atoms with E-state index in [1.807, 2.05) is 0 Å². The van der Waals surface area contributed by atoms with Gasteiger partial charge in [-0.2, -0.15) is 5.10 Å². The van der Waals surface area contributed by atoms with Crippen LogP contribution in [-0.2, 0) is 4.79 Å². The summed E-state index contributed by atoms with van der Waals surface area (Å²) < 4.78 is 0. The predicted molar refractivity (Wildman–Crippen MR) is 106 cm³/mol. The van der Waals surface area contributed by atoms with Crippen LogP contribution in [0.2, 0.25) is 0 Å². The molecule has 6 nitrogen and oxygen atoms in total. The molecule has 2 saturated carbocycles. The first-order valence-electron chi connectivity index (χ1n) is 10.1. The van der Waals surface area contributed by atoms with Crippen LogP contribution in [0, 0.1) is 16.7 Å². The lowest BCUT2D eigenvalue weighted by Gasteiger charge is -2.34. The number of rotatable bonds is 5. The zero-order chi connectivity index (χ0) is 20.1. The van der Waals surface area contributed by atoms with E-state index < -0.39 is 0 Å². The Morgan fingerprint density at radius 2 is 1.82 bits per heavy atom. The number of benzene rings is 1. The second kappa shape index (κ2) is 6.54. The van der Waals surface area contributed by atoms with Gasteiger partial charge in [0.25, 0.3) is 11.8 Å². The molecule has 2 bridgehead atoms. The first-order valence-corrected chi connectivity index (χ1v) is 10.1. The number of nitrogens with one attached hydrogen (secondary N) is 1. The van der Waals surface area contributed by atoms with Gasteiger partial charge in [0.15, 0.2) is 0 Å². The summed E-state index contributed by atoms with van der Waals surface area (Å²) in [6, 6.07) is 6.82. The molecule has 148 valence electrons. The van der Waals surface area contributed by atoms with Gasteiger partial charge < -0.3 is 0 Å². The molecule has 2 atom stereocenters. The lowest BCUT2D eigenvalue weighted by Crippen LogP contribution is -2.34. The number of carbonyl (C=O) groups excluding carboxylic acids is 3. The monoisotopic (exact) mass is 381 g/mol. The second-order valence-corrected chi connectivity index (χ2v) is 9.00. The highest BCUT2D eigenvalue weighted by Gasteiger charge is 2.60. The molecule has 2 aliphatic carbocycles. The molecular formula is C22H27N3O3. The fourth-order valence-electron chi connectivity index (χ4n) is 5.12. The Morgan fingerprint density at radius 3 is 2.36 bits per heavy atom. The SMILES string of the molecule is CC1(C)[C@@H]2CC[C@]1(C)/C(=N/NC(=O)CCCN1C(=O)c3ccccc3C1=O)C2. The standard InChI is InChI=1S/C22H27N3O3/c1-21(2)14-10-11-22(21,3)17(13-14)23-24-18(26)9-6-12-25-19(27)15-7-4-5-8-16(15)20(25)28/h4-5,7-8,14H,6,9-13H2,1-3H3,(H,24,26)/b23-17+/t14-,22-/m1/s1. The Labute approximate surface area is 165 Å². The topological polar surface area (TPSA) is 78.8 Å². The molecular weight excluding hydrogens is 354 g/mol. The number of hydrazone groups is 1. The minimum absolute atomic E-state index is 0.0606. The first-order chi connectivity index (χ1) is 13.3. The van der Waals surface area contributed by atoms with E-state index in [1.165, 1.54) is 11.3 Å². The number of amides is 3. The molecule has 3 amide bonds. The van der Waals surface area contributed by atoms with Gasteiger partial charge in [0.05, 0.1) is 11.1 Å². The molecule has 1 aromatic rings. The van der Waals surface area contributed by atoms with Crippen LogP contribution >= 0.6 is 0 Å². The third-order valence-corrected chi connectivity index (χ3v) is 7.49. The molecule has 6 heteroatoms. The Balaban J connectivity index is 1.30. The fraction of sp³-hybridized carbons (Fsp3) is 0.545. The molecule has 0 spiro atoms. The highest BCUT2D eigenvalue weighted by atomic mass is 16.2. The van der Waals surface area contributed by atoms with E-state index in [-0.39, 0.29) is 41.5 Å². The van der Waals surface area contributed by atoms with Crippen molar-refractivity contribution >= 4 is 23.4 Å². The summed E-state index contributed by atoms with van der Waals surface area (Å²) in [5, 5.41) is 4.46. The number of carbonyl (C=O) groups is 3. The van der Waals surface area contributed by atoms with Crippen LogP contribution in [0.1, 0.15) is 73.6 Å². The molecule has 1 aromatic carbocycles. The van der Waals surface area contributed by atoms with E-state index in [1.54, 1.807) is 24.3 Å². The van der Waals surface area contributed by atoms with Gasteiger partial charge in [-0.3, -0.25) is 19.3 Å². The predicted octanol–water partition coefficient (Wildman–Crippen LogP) is 3.38. The average molecular weight is 381 g/mol. The molecule has 3 aliphatic rings. The summed E-state index contributed by atoms with van der Waals surface area (Å²) in [5.74, 6) is -0.0907. The van der Waals surface area contributed by atoms with Gasteiger partial charge >= 0.3 is 0 Å². The van der Waals surface area contributed by atoms with Crippen molar-refractivity contribution in [3.63, 3.8) is 0 Å². The highest BCUT2D eigenvalue weighted by Crippen LogP contribution is 2.63. The van der Waals surface area contributed by atoms with Crippen LogP contribution in [0.15, 0.2) is 29.4 Å². The van der Waals surface area contributed by atoms with Gasteiger partial charge in [0.2, 0.25) is 5.91 Å². The summed E-state index contributed by atoms with van der Waals surface area (Å²) in [6.07, 6.45) is 3.97. The van der Waals surface area contributed by atoms with Gasteiger partial charge in [-0.15, -0.1) is 0 Å². The van der Waals surface area contributed by atoms with Gasteiger partial charge in [-0.1, -0.05) is 32.9 Å². The number of nitrogens with zero attached hydrogens (tertiary/aromatic N) is 2. The molecule has 28 heavy (non-hydrogen) atoms. The molecule has 1 aliphatic heterocycles. The number of hydrogen-bond acceptors (Lipinski definition) is 4. The lowest BCUT2D eigenvalue weighted by molar-refractivity contribution is -0.121. The summed E-state index contributed by atoms with van der Waals surface area (Å²) in [5.41, 5.74) is 4.96. The zero-order valence-electron chi connectivity index (χ0n) is 16.7. The molecule has 0 saturated heterocycles. The first kappa shape index (κ1) is 18.8. The smallest absolute Gasteiger partial charge is 0.261 e. The van der Waals surface area contributed by atoms with Crippen LogP contribution in [0.5, 0.6) is 0 Å². The normalized spacial score (nSPS) is 28.9. The Bertz CT molecular complexity index is 854. The lowest BCUT2D eigenvalue weighted by atomic mass is 9.70. The van der Waals surface area contributed by atoms with E-state index in [4.69, 9.17) is 0 Å². The Kier molecular flexibility index (Phi) is 4.40. The van der Waals surface area contributed by atoms with Gasteiger partial charge in [-0.25, -0.2) is 5.43 Å². The third kappa shape index (κ3) is 2.69. The number of imide groups is 1. The van der Waals surface area contributed by atoms with E-state index in [2.05, 4.69) is 31.3 Å². The van der Waals surface area contributed by atoms with Gasteiger partial charge in [0.1, 0.15) is 0 Å². The molecule has 4 rings (SSSR count). The minimum atomic E-state index is -0.279. The quantitative estimate of drug-likeness (QED) is 0.627. The summed E-state index contributed by atoms with van der Waals surface area (Å²) in [7, 11) is 0. The summed E-state index contributed by atoms with van der Waals surface area (Å²) >= 11 is 0. The van der Waals surface area contributed by atoms with E-state index >= 15 is 0 Å². The van der Waals surface area contributed by atoms with Crippen molar-refractivity contribution in [2.75, 3.05) is 6.54 Å². The average Bonchev–Trinajstić information content (AvgIpc) is 3.13. The maximum absolute atomic E-state index is 12.3. The van der Waals surface area contributed by atoms with Crippen molar-refractivity contribution in [2.24, 2.45) is 21.8 Å². The van der Waals surface area contributed by atoms with Crippen molar-refractivity contribution in [3.8, 4) is 0 Å². The summed E-state index contributed by atoms with van der Waals surface area (Å²) in [6.45, 7) is 7.10. The molecule has 1 N–H and O–H groups in total. The Hall–Kier alpha value is -2.50. The van der Waals surface area contributed by atoms with Crippen LogP contribution in [0.3, 0.4) is 0 Å². The van der Waals surface area contributed by atoms with E-state index in [9.17, 15) is 14.4 Å². The number of hydrogen-bond donors (Lipinski definition) is 1. The Morgan fingerprint density at radius 1 is 1.18 bits per heavy atom. The van der Waals surface area contributed by atoms with Crippen LogP contribution in [0.4, 0.5) is 0 Å². The molecule has 0 unspecified atom stereocenters. The third-order valence-electron chi connectivity index (χ3n) is 7.49. The maximum Gasteiger partial charge on any atom is 0.261 e. The largest absolute Gasteiger partial charge is 0.274 e. The van der Waals surface area contributed by atoms with Crippen molar-refractivity contribution in [3.05, 3.63) is 35.4 Å². The molecule has 0 aromatic heterocycles. The van der Waals surface area contributed by atoms with Crippen molar-refractivity contribution in [2.45, 2.75) is 52.9 Å². The minimum Gasteiger partial charge on any atom is -0.274 e. The van der Waals surface area contributed by atoms with Crippen LogP contribution in [-0.4, -0.2) is 34.9 Å². The fourth-order valence-corrected chi connectivity index (χ4v) is 5.12. The van der Waals surface area contributed by atoms with Crippen molar-refractivity contribution < 1.29 is 14.4 Å². The van der Waals surface area contributed by atoms with Gasteiger partial charge in [0, 0.05) is 24.1 Å². The molecule has 0 radical (unpaired) electrons. The van der Waals surface area contributed by atoms with Crippen LogP contribution < -0.4 is 5.43 Å². The van der Waals surface area contributed by atoms with E-state index in [0.717, 1.165) is 18.6 Å². The highest BCUT2D eigenvalue weighted by molar-refractivity contribution is 6.21. The van der Waals surface area contributed by atoms with Crippen molar-refractivity contribution in [1.82, 2.24) is 10.3 Å². The summed E-state index contributed by atoms with van der Waals surface area (Å²) in [4.78, 5) is 38.1. The van der Waals surface area contributed by atoms with Gasteiger partial charge in [-0.05, 0) is 49.1 Å². The molecule has 2 fully saturated rings. The maximum atomic E-state index is 12.3.